The zero-order valence-electron chi connectivity index (χ0n) is 13.8. The van der Waals surface area contributed by atoms with Crippen LogP contribution in [0.3, 0.4) is 0 Å². The molecule has 1 aromatic carbocycles. The molecule has 0 aliphatic carbocycles. The molecule has 1 unspecified atom stereocenters. The highest BCUT2D eigenvalue weighted by Gasteiger charge is 2.03. The maximum Gasteiger partial charge on any atom is 0.308 e. The van der Waals surface area contributed by atoms with E-state index in [0.717, 1.165) is 30.4 Å². The summed E-state index contributed by atoms with van der Waals surface area (Å²) in [5.74, 6) is 6.68. The van der Waals surface area contributed by atoms with Gasteiger partial charge in [-0.25, -0.2) is 9.97 Å². The van der Waals surface area contributed by atoms with Crippen LogP contribution in [0, 0.1) is 11.8 Å². The van der Waals surface area contributed by atoms with E-state index in [1.54, 1.807) is 6.92 Å². The maximum absolute atomic E-state index is 10.9. The number of aliphatic hydroxyl groups excluding tert-OH is 1. The van der Waals surface area contributed by atoms with E-state index in [9.17, 15) is 9.90 Å². The van der Waals surface area contributed by atoms with Crippen molar-refractivity contribution < 1.29 is 14.6 Å². The minimum absolute atomic E-state index is 0.265. The number of rotatable bonds is 5. The predicted molar refractivity (Wildman–Crippen MR) is 91.2 cm³/mol. The molecule has 1 N–H and O–H groups in total. The number of hydrogen-bond donors (Lipinski definition) is 1. The van der Waals surface area contributed by atoms with E-state index in [4.69, 9.17) is 4.74 Å². The fourth-order valence-electron chi connectivity index (χ4n) is 2.04. The lowest BCUT2D eigenvalue weighted by molar-refractivity contribution is -0.131. The number of esters is 1. The Hall–Kier alpha value is -2.71. The summed E-state index contributed by atoms with van der Waals surface area (Å²) in [6, 6.07) is 7.64. The molecule has 5 nitrogen and oxygen atoms in total. The molecule has 0 saturated heterocycles. The van der Waals surface area contributed by atoms with Crippen molar-refractivity contribution in [3.8, 4) is 29.0 Å². The molecule has 24 heavy (non-hydrogen) atoms. The normalized spacial score (nSPS) is 11.3. The van der Waals surface area contributed by atoms with Crippen molar-refractivity contribution in [1.29, 1.82) is 0 Å². The summed E-state index contributed by atoms with van der Waals surface area (Å²) in [6.07, 6.45) is 5.12. The smallest absolute Gasteiger partial charge is 0.308 e. The number of carbonyl (C=O) groups is 1. The first-order valence-electron chi connectivity index (χ1n) is 7.82. The number of aromatic nitrogens is 2. The molecular formula is C19H20N2O3. The summed E-state index contributed by atoms with van der Waals surface area (Å²) in [5.41, 5.74) is 1.79. The second kappa shape index (κ2) is 8.80. The van der Waals surface area contributed by atoms with Crippen LogP contribution in [0.15, 0.2) is 36.7 Å². The Balaban J connectivity index is 1.96. The molecule has 0 spiro atoms. The average Bonchev–Trinajstić information content (AvgIpc) is 2.55. The van der Waals surface area contributed by atoms with Crippen LogP contribution in [0.1, 0.15) is 38.7 Å². The fourth-order valence-corrected chi connectivity index (χ4v) is 2.04. The Morgan fingerprint density at radius 1 is 1.25 bits per heavy atom. The Labute approximate surface area is 141 Å². The van der Waals surface area contributed by atoms with E-state index in [2.05, 4.69) is 21.8 Å². The molecule has 2 aromatic rings. The number of ether oxygens (including phenoxy) is 1. The number of carbonyl (C=O) groups excluding carboxylic acids is 1. The van der Waals surface area contributed by atoms with E-state index in [1.807, 2.05) is 24.3 Å². The molecule has 0 amide bonds. The molecule has 1 atom stereocenters. The van der Waals surface area contributed by atoms with E-state index >= 15 is 0 Å². The van der Waals surface area contributed by atoms with Gasteiger partial charge in [0.05, 0.1) is 18.5 Å². The number of unbranched alkanes of at least 4 members (excludes halogenated alkanes) is 1. The second-order valence-electron chi connectivity index (χ2n) is 5.46. The topological polar surface area (TPSA) is 72.3 Å². The van der Waals surface area contributed by atoms with E-state index < -0.39 is 5.97 Å². The zero-order chi connectivity index (χ0) is 17.4. The lowest BCUT2D eigenvalue weighted by Crippen LogP contribution is -2.02. The van der Waals surface area contributed by atoms with Crippen molar-refractivity contribution in [3.63, 3.8) is 0 Å². The molecular weight excluding hydrogens is 304 g/mol. The van der Waals surface area contributed by atoms with Crippen molar-refractivity contribution in [1.82, 2.24) is 9.97 Å². The number of aliphatic hydroxyl groups is 1. The highest BCUT2D eigenvalue weighted by molar-refractivity contribution is 5.69. The van der Waals surface area contributed by atoms with Crippen molar-refractivity contribution in [2.24, 2.45) is 0 Å². The summed E-state index contributed by atoms with van der Waals surface area (Å²) >= 11 is 0. The molecule has 124 valence electrons. The first kappa shape index (κ1) is 17.6. The van der Waals surface area contributed by atoms with Gasteiger partial charge in [-0.05, 0) is 44.0 Å². The van der Waals surface area contributed by atoms with Gasteiger partial charge in [0, 0.05) is 24.5 Å². The Morgan fingerprint density at radius 3 is 2.50 bits per heavy atom. The molecule has 0 bridgehead atoms. The fraction of sp³-hybridized carbons (Fsp3) is 0.316. The molecule has 1 heterocycles. The second-order valence-corrected chi connectivity index (χ2v) is 5.46. The Morgan fingerprint density at radius 2 is 1.92 bits per heavy atom. The van der Waals surface area contributed by atoms with Crippen molar-refractivity contribution in [2.75, 3.05) is 0 Å². The Kier molecular flexibility index (Phi) is 6.47. The quantitative estimate of drug-likeness (QED) is 0.520. The highest BCUT2D eigenvalue weighted by Crippen LogP contribution is 2.17. The van der Waals surface area contributed by atoms with Crippen LogP contribution in [0.4, 0.5) is 0 Å². The third kappa shape index (κ3) is 5.82. The monoisotopic (exact) mass is 324 g/mol. The van der Waals surface area contributed by atoms with Crippen LogP contribution >= 0.6 is 0 Å². The Bertz CT molecular complexity index is 726. The van der Waals surface area contributed by atoms with Gasteiger partial charge in [-0.1, -0.05) is 11.8 Å². The standard InChI is InChI=1S/C19H20N2O3/c1-14(22)6-4-3-5-7-16-8-10-17(11-9-16)19-20-12-18(13-21-19)24-15(2)23/h8-14,22H,3-4,6H2,1-2H3. The molecule has 0 saturated carbocycles. The lowest BCUT2D eigenvalue weighted by atomic mass is 10.1. The van der Waals surface area contributed by atoms with Crippen LogP contribution in [0.25, 0.3) is 11.4 Å². The first-order valence-corrected chi connectivity index (χ1v) is 7.82. The van der Waals surface area contributed by atoms with Gasteiger partial charge in [-0.2, -0.15) is 0 Å². The number of benzene rings is 1. The van der Waals surface area contributed by atoms with Crippen LogP contribution in [0.2, 0.25) is 0 Å². The van der Waals surface area contributed by atoms with Gasteiger partial charge in [0.1, 0.15) is 0 Å². The van der Waals surface area contributed by atoms with Crippen LogP contribution < -0.4 is 4.74 Å². The van der Waals surface area contributed by atoms with Gasteiger partial charge in [-0.15, -0.1) is 0 Å². The molecule has 0 radical (unpaired) electrons. The SMILES string of the molecule is CC(=O)Oc1cnc(-c2ccc(C#CCCCC(C)O)cc2)nc1. The largest absolute Gasteiger partial charge is 0.423 e. The van der Waals surface area contributed by atoms with Gasteiger partial charge in [0.15, 0.2) is 11.6 Å². The third-order valence-electron chi connectivity index (χ3n) is 3.19. The number of nitrogens with zero attached hydrogens (tertiary/aromatic N) is 2. The highest BCUT2D eigenvalue weighted by atomic mass is 16.5. The molecule has 0 fully saturated rings. The van der Waals surface area contributed by atoms with Crippen LogP contribution in [0.5, 0.6) is 5.75 Å². The predicted octanol–water partition coefficient (Wildman–Crippen LogP) is 2.97. The first-order chi connectivity index (χ1) is 11.5. The molecule has 2 rings (SSSR count). The number of hydrogen-bond acceptors (Lipinski definition) is 5. The van der Waals surface area contributed by atoms with Gasteiger partial charge in [0.2, 0.25) is 0 Å². The van der Waals surface area contributed by atoms with Crippen molar-refractivity contribution >= 4 is 5.97 Å². The minimum atomic E-state index is -0.400. The average molecular weight is 324 g/mol. The zero-order valence-corrected chi connectivity index (χ0v) is 13.8. The molecule has 0 aliphatic rings. The molecule has 5 heteroatoms. The molecule has 1 aromatic heterocycles. The van der Waals surface area contributed by atoms with Gasteiger partial charge < -0.3 is 9.84 Å². The van der Waals surface area contributed by atoms with Crippen LogP contribution in [-0.4, -0.2) is 27.1 Å². The summed E-state index contributed by atoms with van der Waals surface area (Å²) < 4.78 is 4.91. The van der Waals surface area contributed by atoms with Gasteiger partial charge in [0.25, 0.3) is 0 Å². The summed E-state index contributed by atoms with van der Waals surface area (Å²) in [6.45, 7) is 3.12. The van der Waals surface area contributed by atoms with Gasteiger partial charge in [-0.3, -0.25) is 4.79 Å². The minimum Gasteiger partial charge on any atom is -0.423 e. The van der Waals surface area contributed by atoms with Crippen molar-refractivity contribution in [2.45, 2.75) is 39.2 Å². The lowest BCUT2D eigenvalue weighted by Gasteiger charge is -2.02. The summed E-state index contributed by atoms with van der Waals surface area (Å²) in [5, 5.41) is 9.18. The maximum atomic E-state index is 10.9. The third-order valence-corrected chi connectivity index (χ3v) is 3.19. The van der Waals surface area contributed by atoms with E-state index in [-0.39, 0.29) is 6.10 Å². The van der Waals surface area contributed by atoms with Gasteiger partial charge >= 0.3 is 5.97 Å². The van der Waals surface area contributed by atoms with Crippen molar-refractivity contribution in [3.05, 3.63) is 42.2 Å². The van der Waals surface area contributed by atoms with E-state index in [0.29, 0.717) is 11.6 Å². The summed E-state index contributed by atoms with van der Waals surface area (Å²) in [4.78, 5) is 19.2. The van der Waals surface area contributed by atoms with Crippen LogP contribution in [-0.2, 0) is 4.79 Å². The van der Waals surface area contributed by atoms with E-state index in [1.165, 1.54) is 19.3 Å². The summed E-state index contributed by atoms with van der Waals surface area (Å²) in [7, 11) is 0. The molecule has 0 aliphatic heterocycles.